The first-order valence-corrected chi connectivity index (χ1v) is 7.09. The molecule has 1 atom stereocenters. The highest BCUT2D eigenvalue weighted by Crippen LogP contribution is 2.28. The van der Waals surface area contributed by atoms with Gasteiger partial charge in [0.25, 0.3) is 0 Å². The number of rotatable bonds is 9. The minimum Gasteiger partial charge on any atom is -0.494 e. The van der Waals surface area contributed by atoms with E-state index in [0.717, 1.165) is 0 Å². The lowest BCUT2D eigenvalue weighted by Crippen LogP contribution is -2.16. The number of aliphatic carboxylic acids is 1. The maximum absolute atomic E-state index is 13.8. The molecule has 0 bridgehead atoms. The number of benzene rings is 1. The maximum atomic E-state index is 13.8. The third-order valence-electron chi connectivity index (χ3n) is 3.19. The summed E-state index contributed by atoms with van der Waals surface area (Å²) in [4.78, 5) is 34.0. The van der Waals surface area contributed by atoms with Gasteiger partial charge in [-0.3, -0.25) is 14.4 Å². The number of esters is 1. The van der Waals surface area contributed by atoms with Crippen molar-refractivity contribution in [3.8, 4) is 5.75 Å². The quantitative estimate of drug-likeness (QED) is 0.553. The first kappa shape index (κ1) is 18.6. The second-order valence-electron chi connectivity index (χ2n) is 4.91. The van der Waals surface area contributed by atoms with Gasteiger partial charge in [0.2, 0.25) is 0 Å². The number of carboxylic acid groups (broad SMARTS) is 1. The van der Waals surface area contributed by atoms with Crippen LogP contribution < -0.4 is 4.74 Å². The van der Waals surface area contributed by atoms with Crippen molar-refractivity contribution in [3.63, 3.8) is 0 Å². The Bertz CT molecular complexity index is 584. The molecule has 0 aliphatic rings. The molecule has 0 amide bonds. The second kappa shape index (κ2) is 8.87. The summed E-state index contributed by atoms with van der Waals surface area (Å²) in [5, 5.41) is 8.66. The van der Waals surface area contributed by atoms with Gasteiger partial charge in [-0.2, -0.15) is 0 Å². The van der Waals surface area contributed by atoms with Gasteiger partial charge in [0.15, 0.2) is 11.6 Å². The molecule has 0 aliphatic heterocycles. The molecule has 1 aromatic carbocycles. The summed E-state index contributed by atoms with van der Waals surface area (Å²) in [6.07, 6.45) is -0.959. The zero-order chi connectivity index (χ0) is 17.4. The highest BCUT2D eigenvalue weighted by Gasteiger charge is 2.22. The number of ether oxygens (including phenoxy) is 2. The number of methoxy groups -OCH3 is 1. The van der Waals surface area contributed by atoms with Crippen molar-refractivity contribution < 1.29 is 33.4 Å². The first-order valence-electron chi connectivity index (χ1n) is 7.09. The number of carbonyl (C=O) groups excluding carboxylic acids is 2. The van der Waals surface area contributed by atoms with Crippen molar-refractivity contribution in [2.45, 2.75) is 32.1 Å². The Morgan fingerprint density at radius 2 is 1.96 bits per heavy atom. The molecule has 23 heavy (non-hydrogen) atoms. The topological polar surface area (TPSA) is 89.9 Å². The fraction of sp³-hybridized carbons (Fsp3) is 0.438. The fourth-order valence-electron chi connectivity index (χ4n) is 2.18. The molecule has 0 aliphatic carbocycles. The Morgan fingerprint density at radius 3 is 2.48 bits per heavy atom. The number of carboxylic acids is 1. The molecule has 0 heterocycles. The third kappa shape index (κ3) is 6.06. The van der Waals surface area contributed by atoms with Gasteiger partial charge in [-0.25, -0.2) is 4.39 Å². The van der Waals surface area contributed by atoms with E-state index in [0.29, 0.717) is 5.56 Å². The number of halogens is 1. The van der Waals surface area contributed by atoms with E-state index in [1.54, 1.807) is 13.0 Å². The molecule has 0 saturated carbocycles. The maximum Gasteiger partial charge on any atom is 0.310 e. The average Bonchev–Trinajstić information content (AvgIpc) is 2.45. The molecule has 6 nitrogen and oxygen atoms in total. The summed E-state index contributed by atoms with van der Waals surface area (Å²) in [7, 11) is 1.32. The van der Waals surface area contributed by atoms with Crippen LogP contribution in [0.25, 0.3) is 0 Å². The molecule has 0 fully saturated rings. The number of carbonyl (C=O) groups is 3. The smallest absolute Gasteiger partial charge is 0.310 e. The van der Waals surface area contributed by atoms with Crippen LogP contribution >= 0.6 is 0 Å². The SMILES string of the molecule is CCOC(=O)C[C@H](CC(=O)CC(=O)O)c1ccc(OC)c(F)c1. The van der Waals surface area contributed by atoms with Crippen molar-refractivity contribution in [3.05, 3.63) is 29.6 Å². The molecule has 0 saturated heterocycles. The molecule has 1 N–H and O–H groups in total. The van der Waals surface area contributed by atoms with E-state index < -0.39 is 35.9 Å². The van der Waals surface area contributed by atoms with Gasteiger partial charge in [-0.15, -0.1) is 0 Å². The van der Waals surface area contributed by atoms with Gasteiger partial charge in [0, 0.05) is 12.3 Å². The van der Waals surface area contributed by atoms with Crippen molar-refractivity contribution in [1.82, 2.24) is 0 Å². The van der Waals surface area contributed by atoms with E-state index in [1.165, 1.54) is 19.2 Å². The number of Topliss-reactive ketones (excluding diaryl/α,β-unsaturated/α-hetero) is 1. The highest BCUT2D eigenvalue weighted by atomic mass is 19.1. The molecule has 126 valence electrons. The van der Waals surface area contributed by atoms with Crippen molar-refractivity contribution in [2.24, 2.45) is 0 Å². The van der Waals surface area contributed by atoms with E-state index in [-0.39, 0.29) is 25.2 Å². The van der Waals surface area contributed by atoms with E-state index >= 15 is 0 Å². The van der Waals surface area contributed by atoms with Crippen LogP contribution in [0.4, 0.5) is 4.39 Å². The molecule has 0 spiro atoms. The normalized spacial score (nSPS) is 11.6. The Labute approximate surface area is 133 Å². The van der Waals surface area contributed by atoms with E-state index in [2.05, 4.69) is 0 Å². The average molecular weight is 326 g/mol. The first-order chi connectivity index (χ1) is 10.9. The molecule has 7 heteroatoms. The number of hydrogen-bond acceptors (Lipinski definition) is 5. The summed E-state index contributed by atoms with van der Waals surface area (Å²) in [5.74, 6) is -3.54. The predicted octanol–water partition coefficient (Wildman–Crippen LogP) is 2.31. The van der Waals surface area contributed by atoms with Crippen LogP contribution in [0.1, 0.15) is 37.7 Å². The minimum absolute atomic E-state index is 0.0421. The molecule has 0 aromatic heterocycles. The van der Waals surface area contributed by atoms with Gasteiger partial charge in [0.1, 0.15) is 12.2 Å². The fourth-order valence-corrected chi connectivity index (χ4v) is 2.18. The van der Waals surface area contributed by atoms with Crippen LogP contribution in [-0.2, 0) is 19.1 Å². The predicted molar refractivity (Wildman–Crippen MR) is 78.8 cm³/mol. The van der Waals surface area contributed by atoms with E-state index in [4.69, 9.17) is 14.6 Å². The van der Waals surface area contributed by atoms with Gasteiger partial charge >= 0.3 is 11.9 Å². The summed E-state index contributed by atoms with van der Waals surface area (Å²) in [6.45, 7) is 1.83. The monoisotopic (exact) mass is 326 g/mol. The summed E-state index contributed by atoms with van der Waals surface area (Å²) < 4.78 is 23.5. The lowest BCUT2D eigenvalue weighted by Gasteiger charge is -2.16. The van der Waals surface area contributed by atoms with Crippen LogP contribution in [0, 0.1) is 5.82 Å². The van der Waals surface area contributed by atoms with Crippen LogP contribution in [0.2, 0.25) is 0 Å². The molecule has 0 radical (unpaired) electrons. The molecular weight excluding hydrogens is 307 g/mol. The lowest BCUT2D eigenvalue weighted by molar-refractivity contribution is -0.143. The highest BCUT2D eigenvalue weighted by molar-refractivity contribution is 5.95. The van der Waals surface area contributed by atoms with Gasteiger partial charge in [0.05, 0.1) is 20.1 Å². The summed E-state index contributed by atoms with van der Waals surface area (Å²) >= 11 is 0. The Morgan fingerprint density at radius 1 is 1.26 bits per heavy atom. The zero-order valence-corrected chi connectivity index (χ0v) is 13.0. The molecule has 1 aromatic rings. The van der Waals surface area contributed by atoms with Gasteiger partial charge in [-0.1, -0.05) is 6.07 Å². The largest absolute Gasteiger partial charge is 0.494 e. The molecule has 1 rings (SSSR count). The minimum atomic E-state index is -1.24. The molecule has 0 unspecified atom stereocenters. The summed E-state index contributed by atoms with van der Waals surface area (Å²) in [6, 6.07) is 4.11. The zero-order valence-electron chi connectivity index (χ0n) is 13.0. The molecular formula is C16H19FO6. The Balaban J connectivity index is 2.97. The lowest BCUT2D eigenvalue weighted by atomic mass is 9.90. The van der Waals surface area contributed by atoms with Crippen molar-refractivity contribution in [2.75, 3.05) is 13.7 Å². The number of hydrogen-bond donors (Lipinski definition) is 1. The standard InChI is InChI=1S/C16H19FO6/c1-3-23-16(21)8-11(6-12(18)9-15(19)20)10-4-5-14(22-2)13(17)7-10/h4-5,7,11H,3,6,8-9H2,1-2H3,(H,19,20)/t11-/m0/s1. The van der Waals surface area contributed by atoms with Gasteiger partial charge in [-0.05, 0) is 24.6 Å². The van der Waals surface area contributed by atoms with Crippen LogP contribution in [0.5, 0.6) is 5.75 Å². The van der Waals surface area contributed by atoms with Crippen molar-refractivity contribution >= 4 is 17.7 Å². The van der Waals surface area contributed by atoms with Crippen LogP contribution in [0.15, 0.2) is 18.2 Å². The number of ketones is 1. The van der Waals surface area contributed by atoms with Crippen LogP contribution in [-0.4, -0.2) is 36.5 Å². The van der Waals surface area contributed by atoms with E-state index in [1.807, 2.05) is 0 Å². The summed E-state index contributed by atoms with van der Waals surface area (Å²) in [5.41, 5.74) is 0.412. The second-order valence-corrected chi connectivity index (χ2v) is 4.91. The Kier molecular flexibility index (Phi) is 7.18. The van der Waals surface area contributed by atoms with E-state index in [9.17, 15) is 18.8 Å². The Hall–Kier alpha value is -2.44. The van der Waals surface area contributed by atoms with Gasteiger partial charge < -0.3 is 14.6 Å². The van der Waals surface area contributed by atoms with Crippen LogP contribution in [0.3, 0.4) is 0 Å². The van der Waals surface area contributed by atoms with Crippen molar-refractivity contribution in [1.29, 1.82) is 0 Å². The third-order valence-corrected chi connectivity index (χ3v) is 3.19.